The number of aromatic nitrogens is 1. The summed E-state index contributed by atoms with van der Waals surface area (Å²) in [5.41, 5.74) is 1.06. The SMILES string of the molecule is COC(=O)c1ncsc1S(=O)(=O)N1CCOC(CO)C1. The van der Waals surface area contributed by atoms with Gasteiger partial charge >= 0.3 is 5.97 Å². The van der Waals surface area contributed by atoms with Gasteiger partial charge < -0.3 is 14.6 Å². The fourth-order valence-electron chi connectivity index (χ4n) is 1.79. The van der Waals surface area contributed by atoms with E-state index in [2.05, 4.69) is 9.72 Å². The smallest absolute Gasteiger partial charge is 0.358 e. The standard InChI is InChI=1S/C10H14N2O6S2/c1-17-9(14)8-10(19-6-11-8)20(15,16)12-2-3-18-7(4-12)5-13/h6-7,13H,2-5H2,1H3. The van der Waals surface area contributed by atoms with Gasteiger partial charge in [-0.15, -0.1) is 11.3 Å². The number of carbonyl (C=O) groups is 1. The van der Waals surface area contributed by atoms with Gasteiger partial charge in [0.2, 0.25) is 0 Å². The van der Waals surface area contributed by atoms with Crippen molar-refractivity contribution in [3.8, 4) is 0 Å². The highest BCUT2D eigenvalue weighted by molar-refractivity contribution is 7.91. The van der Waals surface area contributed by atoms with Crippen molar-refractivity contribution in [2.45, 2.75) is 10.3 Å². The van der Waals surface area contributed by atoms with Crippen LogP contribution in [0.1, 0.15) is 10.5 Å². The lowest BCUT2D eigenvalue weighted by Crippen LogP contribution is -2.46. The Bertz CT molecular complexity index is 584. The van der Waals surface area contributed by atoms with Crippen LogP contribution in [-0.2, 0) is 19.5 Å². The van der Waals surface area contributed by atoms with Gasteiger partial charge in [-0.25, -0.2) is 18.2 Å². The van der Waals surface area contributed by atoms with Crippen molar-refractivity contribution in [3.05, 3.63) is 11.2 Å². The molecule has 0 radical (unpaired) electrons. The predicted molar refractivity (Wildman–Crippen MR) is 69.0 cm³/mol. The van der Waals surface area contributed by atoms with Crippen molar-refractivity contribution < 1.29 is 27.8 Å². The number of aliphatic hydroxyl groups excluding tert-OH is 1. The number of thiazole rings is 1. The highest BCUT2D eigenvalue weighted by atomic mass is 32.2. The molecule has 2 rings (SSSR count). The number of hydrogen-bond donors (Lipinski definition) is 1. The van der Waals surface area contributed by atoms with E-state index in [9.17, 15) is 13.2 Å². The summed E-state index contributed by atoms with van der Waals surface area (Å²) < 4.78 is 35.8. The van der Waals surface area contributed by atoms with Crippen LogP contribution in [0.5, 0.6) is 0 Å². The Balaban J connectivity index is 2.31. The van der Waals surface area contributed by atoms with Gasteiger partial charge in [-0.05, 0) is 0 Å². The zero-order chi connectivity index (χ0) is 14.8. The van der Waals surface area contributed by atoms with E-state index >= 15 is 0 Å². The van der Waals surface area contributed by atoms with Crippen molar-refractivity contribution in [2.75, 3.05) is 33.4 Å². The normalized spacial score (nSPS) is 20.8. The molecule has 1 aromatic heterocycles. The van der Waals surface area contributed by atoms with Crippen LogP contribution in [0.15, 0.2) is 9.72 Å². The van der Waals surface area contributed by atoms with E-state index in [1.165, 1.54) is 9.82 Å². The monoisotopic (exact) mass is 322 g/mol. The summed E-state index contributed by atoms with van der Waals surface area (Å²) in [5, 5.41) is 9.06. The third kappa shape index (κ3) is 2.83. The molecule has 0 aliphatic carbocycles. The van der Waals surface area contributed by atoms with Gasteiger partial charge in [0.1, 0.15) is 0 Å². The number of methoxy groups -OCH3 is 1. The zero-order valence-electron chi connectivity index (χ0n) is 10.7. The zero-order valence-corrected chi connectivity index (χ0v) is 12.3. The van der Waals surface area contributed by atoms with E-state index in [1.54, 1.807) is 0 Å². The van der Waals surface area contributed by atoms with E-state index in [0.29, 0.717) is 0 Å². The topological polar surface area (TPSA) is 106 Å². The number of sulfonamides is 1. The summed E-state index contributed by atoms with van der Waals surface area (Å²) in [6, 6.07) is 0. The average Bonchev–Trinajstić information content (AvgIpc) is 2.96. The number of hydrogen-bond acceptors (Lipinski definition) is 8. The quantitative estimate of drug-likeness (QED) is 0.731. The molecule has 8 nitrogen and oxygen atoms in total. The molecule has 10 heteroatoms. The molecule has 1 saturated heterocycles. The van der Waals surface area contributed by atoms with Crippen molar-refractivity contribution in [1.29, 1.82) is 0 Å². The Labute approximate surface area is 120 Å². The van der Waals surface area contributed by atoms with Gasteiger partial charge in [-0.2, -0.15) is 4.31 Å². The number of morpholine rings is 1. The summed E-state index contributed by atoms with van der Waals surface area (Å²) in [5.74, 6) is -0.795. The third-order valence-electron chi connectivity index (χ3n) is 2.79. The molecule has 1 aromatic rings. The molecule has 0 spiro atoms. The van der Waals surface area contributed by atoms with E-state index in [4.69, 9.17) is 9.84 Å². The minimum Gasteiger partial charge on any atom is -0.464 e. The van der Waals surface area contributed by atoms with Gasteiger partial charge in [-0.1, -0.05) is 0 Å². The van der Waals surface area contributed by atoms with Gasteiger partial charge in [0.05, 0.1) is 31.9 Å². The van der Waals surface area contributed by atoms with Gasteiger partial charge in [0.25, 0.3) is 10.0 Å². The van der Waals surface area contributed by atoms with E-state index in [0.717, 1.165) is 18.4 Å². The van der Waals surface area contributed by atoms with Crippen LogP contribution in [0, 0.1) is 0 Å². The average molecular weight is 322 g/mol. The number of carbonyl (C=O) groups excluding carboxylic acids is 1. The maximum Gasteiger partial charge on any atom is 0.358 e. The summed E-state index contributed by atoms with van der Waals surface area (Å²) in [6.07, 6.45) is -0.562. The van der Waals surface area contributed by atoms with Crippen LogP contribution in [0.25, 0.3) is 0 Å². The lowest BCUT2D eigenvalue weighted by molar-refractivity contribution is -0.0304. The number of esters is 1. The molecule has 112 valence electrons. The summed E-state index contributed by atoms with van der Waals surface area (Å²) in [4.78, 5) is 15.3. The van der Waals surface area contributed by atoms with Crippen LogP contribution >= 0.6 is 11.3 Å². The second kappa shape index (κ2) is 6.14. The maximum absolute atomic E-state index is 12.5. The third-order valence-corrected chi connectivity index (χ3v) is 6.01. The summed E-state index contributed by atoms with van der Waals surface area (Å²) in [6.45, 7) is 0.129. The second-order valence-corrected chi connectivity index (χ2v) is 7.01. The first-order valence-electron chi connectivity index (χ1n) is 5.75. The molecule has 0 amide bonds. The molecule has 1 fully saturated rings. The van der Waals surface area contributed by atoms with E-state index in [1.807, 2.05) is 0 Å². The van der Waals surface area contributed by atoms with Crippen LogP contribution < -0.4 is 0 Å². The molecule has 0 saturated carbocycles. The molecule has 1 aliphatic rings. The van der Waals surface area contributed by atoms with Gasteiger partial charge in [-0.3, -0.25) is 0 Å². The molecule has 0 bridgehead atoms. The van der Waals surface area contributed by atoms with Gasteiger partial charge in [0.15, 0.2) is 9.90 Å². The first-order valence-corrected chi connectivity index (χ1v) is 8.07. The Morgan fingerprint density at radius 3 is 3.10 bits per heavy atom. The van der Waals surface area contributed by atoms with Crippen LogP contribution in [0.2, 0.25) is 0 Å². The summed E-state index contributed by atoms with van der Waals surface area (Å²) >= 11 is 0.858. The Morgan fingerprint density at radius 2 is 2.45 bits per heavy atom. The van der Waals surface area contributed by atoms with Crippen molar-refractivity contribution in [1.82, 2.24) is 9.29 Å². The number of nitrogens with zero attached hydrogens (tertiary/aromatic N) is 2. The largest absolute Gasteiger partial charge is 0.464 e. The molecule has 0 aromatic carbocycles. The number of rotatable bonds is 4. The van der Waals surface area contributed by atoms with Gasteiger partial charge in [0, 0.05) is 13.1 Å². The molecule has 1 N–H and O–H groups in total. The second-order valence-electron chi connectivity index (χ2n) is 4.02. The van der Waals surface area contributed by atoms with E-state index in [-0.39, 0.29) is 36.2 Å². The first kappa shape index (κ1) is 15.3. The Morgan fingerprint density at radius 1 is 1.70 bits per heavy atom. The fourth-order valence-corrected chi connectivity index (χ4v) is 4.51. The van der Waals surface area contributed by atoms with Crippen LogP contribution in [0.4, 0.5) is 0 Å². The summed E-state index contributed by atoms with van der Waals surface area (Å²) in [7, 11) is -2.69. The van der Waals surface area contributed by atoms with Crippen LogP contribution in [-0.4, -0.2) is 68.3 Å². The Hall–Kier alpha value is -1.07. The van der Waals surface area contributed by atoms with E-state index < -0.39 is 22.1 Å². The molecule has 20 heavy (non-hydrogen) atoms. The molecule has 1 unspecified atom stereocenters. The van der Waals surface area contributed by atoms with Crippen molar-refractivity contribution in [2.24, 2.45) is 0 Å². The Kier molecular flexibility index (Phi) is 4.70. The lowest BCUT2D eigenvalue weighted by Gasteiger charge is -2.30. The minimum atomic E-state index is -3.85. The molecule has 2 heterocycles. The molecule has 1 aliphatic heterocycles. The lowest BCUT2D eigenvalue weighted by atomic mass is 10.3. The highest BCUT2D eigenvalue weighted by Gasteiger charge is 2.35. The number of aliphatic hydroxyl groups is 1. The predicted octanol–water partition coefficient (Wildman–Crippen LogP) is -0.689. The maximum atomic E-state index is 12.5. The highest BCUT2D eigenvalue weighted by Crippen LogP contribution is 2.26. The van der Waals surface area contributed by atoms with Crippen molar-refractivity contribution in [3.63, 3.8) is 0 Å². The molecular weight excluding hydrogens is 308 g/mol. The number of ether oxygens (including phenoxy) is 2. The minimum absolute atomic E-state index is 0.0390. The fraction of sp³-hybridized carbons (Fsp3) is 0.600. The molecular formula is C10H14N2O6S2. The van der Waals surface area contributed by atoms with Crippen LogP contribution in [0.3, 0.4) is 0 Å². The first-order chi connectivity index (χ1) is 9.50. The molecule has 1 atom stereocenters. The van der Waals surface area contributed by atoms with Crippen molar-refractivity contribution >= 4 is 27.3 Å².